The third-order valence-corrected chi connectivity index (χ3v) is 3.53. The van der Waals surface area contributed by atoms with Gasteiger partial charge in [0.2, 0.25) is 5.91 Å². The lowest BCUT2D eigenvalue weighted by Gasteiger charge is -2.44. The minimum atomic E-state index is -0.252. The molecule has 2 nitrogen and oxygen atoms in total. The fourth-order valence-corrected chi connectivity index (χ4v) is 2.56. The minimum Gasteiger partial charge on any atom is -0.369 e. The second-order valence-corrected chi connectivity index (χ2v) is 4.31. The number of hydrogen-bond donors (Lipinski definition) is 1. The van der Waals surface area contributed by atoms with E-state index in [4.69, 9.17) is 5.73 Å². The summed E-state index contributed by atoms with van der Waals surface area (Å²) in [5.74, 6) is 0.883. The molecule has 0 radical (unpaired) electrons. The number of primary amides is 1. The smallest absolute Gasteiger partial charge is 0.223 e. The Morgan fingerprint density at radius 3 is 2.50 bits per heavy atom. The first-order valence-corrected chi connectivity index (χ1v) is 4.61. The summed E-state index contributed by atoms with van der Waals surface area (Å²) in [6.07, 6.45) is 7.77. The first-order valence-electron chi connectivity index (χ1n) is 4.61. The van der Waals surface area contributed by atoms with E-state index in [-0.39, 0.29) is 11.3 Å². The summed E-state index contributed by atoms with van der Waals surface area (Å²) in [4.78, 5) is 11.3. The highest BCUT2D eigenvalue weighted by atomic mass is 16.1. The van der Waals surface area contributed by atoms with Crippen LogP contribution < -0.4 is 5.73 Å². The molecule has 0 heterocycles. The summed E-state index contributed by atoms with van der Waals surface area (Å²) >= 11 is 0. The lowest BCUT2D eigenvalue weighted by Crippen LogP contribution is -2.46. The number of carbonyl (C=O) groups excluding carboxylic acids is 1. The van der Waals surface area contributed by atoms with Gasteiger partial charge in [0.1, 0.15) is 0 Å². The maximum absolute atomic E-state index is 11.3. The Kier molecular flexibility index (Phi) is 1.53. The van der Waals surface area contributed by atoms with Crippen LogP contribution >= 0.6 is 0 Å². The molecule has 3 rings (SSSR count). The van der Waals surface area contributed by atoms with Crippen molar-refractivity contribution in [1.29, 1.82) is 0 Å². The highest BCUT2D eigenvalue weighted by molar-refractivity contribution is 5.81. The van der Waals surface area contributed by atoms with Crippen LogP contribution in [0.5, 0.6) is 0 Å². The molecule has 3 aliphatic carbocycles. The Morgan fingerprint density at radius 1 is 1.50 bits per heavy atom. The molecule has 12 heavy (non-hydrogen) atoms. The number of carbonyl (C=O) groups is 1. The Hall–Kier alpha value is -0.790. The van der Waals surface area contributed by atoms with Gasteiger partial charge in [-0.2, -0.15) is 0 Å². The zero-order valence-corrected chi connectivity index (χ0v) is 7.42. The molecule has 66 valence electrons. The van der Waals surface area contributed by atoms with Crippen molar-refractivity contribution in [3.63, 3.8) is 0 Å². The van der Waals surface area contributed by atoms with Gasteiger partial charge in [-0.3, -0.25) is 4.79 Å². The maximum Gasteiger partial charge on any atom is 0.223 e. The molecule has 0 aromatic heterocycles. The monoisotopic (exact) mass is 165 g/mol. The Bertz CT molecular complexity index is 246. The van der Waals surface area contributed by atoms with Gasteiger partial charge >= 0.3 is 0 Å². The fraction of sp³-hybridized carbons (Fsp3) is 0.700. The molecule has 0 unspecified atom stereocenters. The van der Waals surface area contributed by atoms with Crippen LogP contribution in [0.4, 0.5) is 0 Å². The highest BCUT2D eigenvalue weighted by Crippen LogP contribution is 2.48. The molecular weight excluding hydrogens is 150 g/mol. The van der Waals surface area contributed by atoms with E-state index < -0.39 is 0 Å². The van der Waals surface area contributed by atoms with Crippen LogP contribution in [0.15, 0.2) is 12.2 Å². The van der Waals surface area contributed by atoms with E-state index in [1.807, 2.05) is 6.92 Å². The van der Waals surface area contributed by atoms with Gasteiger partial charge in [-0.15, -0.1) is 0 Å². The maximum atomic E-state index is 11.3. The number of allylic oxidation sites excluding steroid dienone is 2. The van der Waals surface area contributed by atoms with Gasteiger partial charge in [0.15, 0.2) is 0 Å². The molecule has 0 saturated heterocycles. The van der Waals surface area contributed by atoms with E-state index in [1.165, 1.54) is 6.42 Å². The molecule has 3 aliphatic rings. The SMILES string of the molecule is C[C@]1(C(N)=O)C[C@@H]2C=C[C@H]1CC2. The third-order valence-electron chi connectivity index (χ3n) is 3.53. The van der Waals surface area contributed by atoms with Crippen molar-refractivity contribution in [3.05, 3.63) is 12.2 Å². The Morgan fingerprint density at radius 2 is 2.25 bits per heavy atom. The molecule has 0 aliphatic heterocycles. The van der Waals surface area contributed by atoms with E-state index in [2.05, 4.69) is 12.2 Å². The Balaban J connectivity index is 2.31. The minimum absolute atomic E-state index is 0.124. The molecule has 0 spiro atoms. The average molecular weight is 165 g/mol. The van der Waals surface area contributed by atoms with Crippen LogP contribution in [-0.4, -0.2) is 5.91 Å². The van der Waals surface area contributed by atoms with Gasteiger partial charge in [-0.1, -0.05) is 19.1 Å². The largest absolute Gasteiger partial charge is 0.369 e. The zero-order chi connectivity index (χ0) is 8.77. The standard InChI is InChI=1S/C10H15NO/c1-10(9(11)12)6-7-2-4-8(10)5-3-7/h2,4,7-8H,3,5-6H2,1H3,(H2,11,12)/t7-,8+,10+/m1/s1. The van der Waals surface area contributed by atoms with Crippen molar-refractivity contribution in [2.45, 2.75) is 26.2 Å². The van der Waals surface area contributed by atoms with Gasteiger partial charge < -0.3 is 5.73 Å². The molecule has 0 aromatic rings. The first kappa shape index (κ1) is 7.84. The molecule has 0 aromatic carbocycles. The van der Waals surface area contributed by atoms with E-state index >= 15 is 0 Å². The quantitative estimate of drug-likeness (QED) is 0.587. The van der Waals surface area contributed by atoms with Crippen molar-refractivity contribution >= 4 is 5.91 Å². The van der Waals surface area contributed by atoms with Gasteiger partial charge in [-0.05, 0) is 31.1 Å². The lowest BCUT2D eigenvalue weighted by molar-refractivity contribution is -0.131. The second kappa shape index (κ2) is 2.35. The molecule has 2 heteroatoms. The van der Waals surface area contributed by atoms with Gasteiger partial charge in [-0.25, -0.2) is 0 Å². The topological polar surface area (TPSA) is 43.1 Å². The van der Waals surface area contributed by atoms with Crippen LogP contribution in [0, 0.1) is 17.3 Å². The van der Waals surface area contributed by atoms with Crippen molar-refractivity contribution in [3.8, 4) is 0 Å². The third kappa shape index (κ3) is 0.904. The molecule has 2 N–H and O–H groups in total. The highest BCUT2D eigenvalue weighted by Gasteiger charge is 2.45. The lowest BCUT2D eigenvalue weighted by atomic mass is 9.60. The van der Waals surface area contributed by atoms with Crippen molar-refractivity contribution in [1.82, 2.24) is 0 Å². The molecular formula is C10H15NO. The van der Waals surface area contributed by atoms with E-state index in [1.54, 1.807) is 0 Å². The molecule has 3 atom stereocenters. The van der Waals surface area contributed by atoms with Crippen LogP contribution in [-0.2, 0) is 4.79 Å². The van der Waals surface area contributed by atoms with E-state index in [0.717, 1.165) is 12.8 Å². The summed E-state index contributed by atoms with van der Waals surface area (Å²) in [5, 5.41) is 0. The number of rotatable bonds is 1. The summed E-state index contributed by atoms with van der Waals surface area (Å²) < 4.78 is 0. The predicted octanol–water partition coefficient (Wildman–Crippen LogP) is 1.46. The van der Waals surface area contributed by atoms with Crippen molar-refractivity contribution in [2.24, 2.45) is 23.0 Å². The number of hydrogen-bond acceptors (Lipinski definition) is 1. The normalized spacial score (nSPS) is 44.8. The average Bonchev–Trinajstić information content (AvgIpc) is 2.05. The number of fused-ring (bicyclic) bond motifs is 2. The van der Waals surface area contributed by atoms with Gasteiger partial charge in [0.25, 0.3) is 0 Å². The first-order chi connectivity index (χ1) is 5.63. The summed E-state index contributed by atoms with van der Waals surface area (Å²) in [6.45, 7) is 2.01. The van der Waals surface area contributed by atoms with Gasteiger partial charge in [0.05, 0.1) is 5.41 Å². The summed E-state index contributed by atoms with van der Waals surface area (Å²) in [5.41, 5.74) is 5.16. The van der Waals surface area contributed by atoms with Crippen LogP contribution in [0.1, 0.15) is 26.2 Å². The summed E-state index contributed by atoms with van der Waals surface area (Å²) in [6, 6.07) is 0. The molecule has 1 fully saturated rings. The zero-order valence-electron chi connectivity index (χ0n) is 7.42. The Labute approximate surface area is 72.8 Å². The summed E-state index contributed by atoms with van der Waals surface area (Å²) in [7, 11) is 0. The predicted molar refractivity (Wildman–Crippen MR) is 47.3 cm³/mol. The molecule has 2 bridgehead atoms. The second-order valence-electron chi connectivity index (χ2n) is 4.31. The number of amides is 1. The van der Waals surface area contributed by atoms with E-state index in [9.17, 15) is 4.79 Å². The van der Waals surface area contributed by atoms with Crippen molar-refractivity contribution in [2.75, 3.05) is 0 Å². The van der Waals surface area contributed by atoms with Crippen LogP contribution in [0.25, 0.3) is 0 Å². The van der Waals surface area contributed by atoms with Crippen molar-refractivity contribution < 1.29 is 4.79 Å². The van der Waals surface area contributed by atoms with E-state index in [0.29, 0.717) is 11.8 Å². The van der Waals surface area contributed by atoms with Crippen LogP contribution in [0.2, 0.25) is 0 Å². The molecule has 1 amide bonds. The fourth-order valence-electron chi connectivity index (χ4n) is 2.56. The molecule has 1 saturated carbocycles. The van der Waals surface area contributed by atoms with Crippen LogP contribution in [0.3, 0.4) is 0 Å². The number of nitrogens with two attached hydrogens (primary N) is 1. The van der Waals surface area contributed by atoms with Gasteiger partial charge in [0, 0.05) is 0 Å².